The number of nitrogens with zero attached hydrogens (tertiary/aromatic N) is 2. The van der Waals surface area contributed by atoms with Crippen LogP contribution >= 0.6 is 15.9 Å². The molecule has 1 heterocycles. The molecule has 0 aromatic heterocycles. The molecule has 0 unspecified atom stereocenters. The van der Waals surface area contributed by atoms with E-state index in [-0.39, 0.29) is 5.91 Å². The Morgan fingerprint density at radius 3 is 2.87 bits per heavy atom. The number of fused-ring (bicyclic) bond motifs is 1. The Balaban J connectivity index is 1.49. The Labute approximate surface area is 190 Å². The van der Waals surface area contributed by atoms with Gasteiger partial charge in [-0.25, -0.2) is 5.43 Å². The van der Waals surface area contributed by atoms with Crippen LogP contribution in [0, 0.1) is 0 Å². The fourth-order valence-corrected chi connectivity index (χ4v) is 4.24. The van der Waals surface area contributed by atoms with Gasteiger partial charge in [0, 0.05) is 34.4 Å². The third-order valence-electron chi connectivity index (χ3n) is 5.34. The van der Waals surface area contributed by atoms with Gasteiger partial charge in [0.1, 0.15) is 5.75 Å². The minimum Gasteiger partial charge on any atom is -0.496 e. The van der Waals surface area contributed by atoms with Gasteiger partial charge < -0.3 is 9.64 Å². The van der Waals surface area contributed by atoms with Gasteiger partial charge in [-0.05, 0) is 66.4 Å². The highest BCUT2D eigenvalue weighted by Crippen LogP contribution is 2.30. The molecule has 1 N–H and O–H groups in total. The molecule has 31 heavy (non-hydrogen) atoms. The first-order chi connectivity index (χ1) is 15.1. The number of rotatable bonds is 6. The molecule has 4 rings (SSSR count). The second kappa shape index (κ2) is 9.79. The maximum absolute atomic E-state index is 12.3. The minimum atomic E-state index is -0.254. The van der Waals surface area contributed by atoms with Crippen molar-refractivity contribution in [2.45, 2.75) is 19.4 Å². The molecule has 0 spiro atoms. The predicted molar refractivity (Wildman–Crippen MR) is 128 cm³/mol. The maximum Gasteiger partial charge on any atom is 0.271 e. The highest BCUT2D eigenvalue weighted by atomic mass is 79.9. The van der Waals surface area contributed by atoms with Crippen molar-refractivity contribution >= 4 is 33.7 Å². The fourth-order valence-electron chi connectivity index (χ4n) is 3.84. The lowest BCUT2D eigenvalue weighted by Gasteiger charge is -2.31. The van der Waals surface area contributed by atoms with Gasteiger partial charge in [0.2, 0.25) is 0 Å². The number of para-hydroxylation sites is 1. The fraction of sp³-hybridized carbons (Fsp3) is 0.200. The van der Waals surface area contributed by atoms with Crippen LogP contribution in [0.15, 0.2) is 76.3 Å². The highest BCUT2D eigenvalue weighted by Gasteiger charge is 2.18. The van der Waals surface area contributed by atoms with E-state index in [0.717, 1.165) is 47.3 Å². The molecule has 3 aromatic carbocycles. The lowest BCUT2D eigenvalue weighted by molar-refractivity contribution is 0.0955. The molecule has 0 atom stereocenters. The average molecular weight is 478 g/mol. The summed E-state index contributed by atoms with van der Waals surface area (Å²) in [6.07, 6.45) is 3.92. The minimum absolute atomic E-state index is 0.254. The van der Waals surface area contributed by atoms with Crippen molar-refractivity contribution in [3.63, 3.8) is 0 Å². The van der Waals surface area contributed by atoms with Gasteiger partial charge in [-0.3, -0.25) is 4.79 Å². The Hall–Kier alpha value is -3.12. The lowest BCUT2D eigenvalue weighted by atomic mass is 10.0. The molecule has 0 saturated heterocycles. The molecule has 1 amide bonds. The standard InChI is InChI=1S/C25H24BrN3O2/c1-31-24-12-11-18(16-27-28-25(30)20-7-4-9-22(26)15-20)14-21(24)17-29-13-5-8-19-6-2-3-10-23(19)29/h2-4,6-7,9-12,14-16H,5,8,13,17H2,1H3,(H,28,30)/b27-16-. The molecule has 3 aromatic rings. The number of halogens is 1. The molecule has 1 aliphatic heterocycles. The number of anilines is 1. The summed E-state index contributed by atoms with van der Waals surface area (Å²) in [5, 5.41) is 4.13. The van der Waals surface area contributed by atoms with Crippen LogP contribution in [-0.2, 0) is 13.0 Å². The number of nitrogens with one attached hydrogen (secondary N) is 1. The second-order valence-corrected chi connectivity index (χ2v) is 8.35. The van der Waals surface area contributed by atoms with Gasteiger partial charge in [0.15, 0.2) is 0 Å². The quantitative estimate of drug-likeness (QED) is 0.393. The van der Waals surface area contributed by atoms with E-state index in [0.29, 0.717) is 5.56 Å². The third kappa shape index (κ3) is 5.14. The summed E-state index contributed by atoms with van der Waals surface area (Å²) in [6.45, 7) is 1.77. The van der Waals surface area contributed by atoms with Crippen LogP contribution in [0.25, 0.3) is 0 Å². The van der Waals surface area contributed by atoms with Crippen molar-refractivity contribution in [1.29, 1.82) is 0 Å². The van der Waals surface area contributed by atoms with Gasteiger partial charge in [0.25, 0.3) is 5.91 Å². The predicted octanol–water partition coefficient (Wildman–Crippen LogP) is 5.17. The number of aryl methyl sites for hydroxylation is 1. The number of ether oxygens (including phenoxy) is 1. The Morgan fingerprint density at radius 1 is 1.16 bits per heavy atom. The van der Waals surface area contributed by atoms with Crippen LogP contribution in [0.4, 0.5) is 5.69 Å². The molecule has 5 nitrogen and oxygen atoms in total. The molecular weight excluding hydrogens is 454 g/mol. The number of carbonyl (C=O) groups is 1. The number of carbonyl (C=O) groups excluding carboxylic acids is 1. The Morgan fingerprint density at radius 2 is 2.03 bits per heavy atom. The lowest BCUT2D eigenvalue weighted by Crippen LogP contribution is -2.29. The number of hydrazone groups is 1. The molecule has 0 saturated carbocycles. The summed E-state index contributed by atoms with van der Waals surface area (Å²) in [4.78, 5) is 14.7. The summed E-state index contributed by atoms with van der Waals surface area (Å²) in [7, 11) is 1.69. The molecule has 6 heteroatoms. The number of amides is 1. The highest BCUT2D eigenvalue weighted by molar-refractivity contribution is 9.10. The first kappa shape index (κ1) is 21.1. The van der Waals surface area contributed by atoms with Crippen molar-refractivity contribution in [3.8, 4) is 5.75 Å². The molecular formula is C25H24BrN3O2. The van der Waals surface area contributed by atoms with Crippen molar-refractivity contribution in [1.82, 2.24) is 5.43 Å². The van der Waals surface area contributed by atoms with Crippen LogP contribution < -0.4 is 15.1 Å². The van der Waals surface area contributed by atoms with Gasteiger partial charge in [-0.15, -0.1) is 0 Å². The van der Waals surface area contributed by atoms with Crippen LogP contribution in [0.2, 0.25) is 0 Å². The van der Waals surface area contributed by atoms with Crippen molar-refractivity contribution in [2.75, 3.05) is 18.6 Å². The smallest absolute Gasteiger partial charge is 0.271 e. The Bertz CT molecular complexity index is 1110. The Kier molecular flexibility index (Phi) is 6.67. The first-order valence-corrected chi connectivity index (χ1v) is 11.0. The summed E-state index contributed by atoms with van der Waals surface area (Å²) in [5.41, 5.74) is 7.79. The van der Waals surface area contributed by atoms with E-state index >= 15 is 0 Å². The molecule has 158 valence electrons. The van der Waals surface area contributed by atoms with Crippen LogP contribution in [-0.4, -0.2) is 25.8 Å². The summed E-state index contributed by atoms with van der Waals surface area (Å²) < 4.78 is 6.45. The summed E-state index contributed by atoms with van der Waals surface area (Å²) >= 11 is 3.37. The molecule has 1 aliphatic rings. The number of benzene rings is 3. The average Bonchev–Trinajstić information content (AvgIpc) is 2.79. The summed E-state index contributed by atoms with van der Waals surface area (Å²) in [6, 6.07) is 21.7. The number of hydrogen-bond acceptors (Lipinski definition) is 4. The van der Waals surface area contributed by atoms with Crippen molar-refractivity contribution < 1.29 is 9.53 Å². The van der Waals surface area contributed by atoms with Crippen molar-refractivity contribution in [3.05, 3.63) is 93.5 Å². The van der Waals surface area contributed by atoms with E-state index in [1.807, 2.05) is 24.3 Å². The largest absolute Gasteiger partial charge is 0.496 e. The third-order valence-corrected chi connectivity index (χ3v) is 5.83. The van der Waals surface area contributed by atoms with Gasteiger partial charge in [-0.2, -0.15) is 5.10 Å². The number of methoxy groups -OCH3 is 1. The van der Waals surface area contributed by atoms with E-state index in [1.54, 1.807) is 25.5 Å². The van der Waals surface area contributed by atoms with Gasteiger partial charge in [-0.1, -0.05) is 40.2 Å². The molecule has 0 radical (unpaired) electrons. The van der Waals surface area contributed by atoms with Crippen LogP contribution in [0.3, 0.4) is 0 Å². The second-order valence-electron chi connectivity index (χ2n) is 7.43. The van der Waals surface area contributed by atoms with E-state index in [1.165, 1.54) is 11.3 Å². The molecule has 0 bridgehead atoms. The maximum atomic E-state index is 12.3. The van der Waals surface area contributed by atoms with Crippen LogP contribution in [0.5, 0.6) is 5.75 Å². The zero-order chi connectivity index (χ0) is 21.6. The number of hydrogen-bond donors (Lipinski definition) is 1. The summed E-state index contributed by atoms with van der Waals surface area (Å²) in [5.74, 6) is 0.592. The van der Waals surface area contributed by atoms with Gasteiger partial charge in [0.05, 0.1) is 13.3 Å². The monoisotopic (exact) mass is 477 g/mol. The first-order valence-electron chi connectivity index (χ1n) is 10.2. The van der Waals surface area contributed by atoms with E-state index in [9.17, 15) is 4.79 Å². The van der Waals surface area contributed by atoms with E-state index in [4.69, 9.17) is 4.74 Å². The van der Waals surface area contributed by atoms with E-state index in [2.05, 4.69) is 61.7 Å². The van der Waals surface area contributed by atoms with Crippen LogP contribution in [0.1, 0.15) is 33.5 Å². The molecule has 0 aliphatic carbocycles. The SMILES string of the molecule is COc1ccc(/C=N\NC(=O)c2cccc(Br)c2)cc1CN1CCCc2ccccc21. The van der Waals surface area contributed by atoms with Gasteiger partial charge >= 0.3 is 0 Å². The van der Waals surface area contributed by atoms with Crippen molar-refractivity contribution in [2.24, 2.45) is 5.10 Å². The molecule has 0 fully saturated rings. The zero-order valence-electron chi connectivity index (χ0n) is 17.3. The zero-order valence-corrected chi connectivity index (χ0v) is 18.9. The van der Waals surface area contributed by atoms with E-state index < -0.39 is 0 Å². The topological polar surface area (TPSA) is 53.9 Å². The normalized spacial score (nSPS) is 13.2.